The fourth-order valence-corrected chi connectivity index (χ4v) is 3.07. The Morgan fingerprint density at radius 2 is 2.00 bits per heavy atom. The molecule has 0 bridgehead atoms. The molecule has 0 aliphatic rings. The van der Waals surface area contributed by atoms with Gasteiger partial charge in [0.05, 0.1) is 4.90 Å². The highest BCUT2D eigenvalue weighted by Crippen LogP contribution is 2.16. The lowest BCUT2D eigenvalue weighted by atomic mass is 10.2. The molecule has 0 saturated heterocycles. The molecular weight excluding hydrogens is 278 g/mol. The Morgan fingerprint density at radius 3 is 2.60 bits per heavy atom. The molecular formula is C10H14BrNO2S. The summed E-state index contributed by atoms with van der Waals surface area (Å²) in [6.45, 7) is 4.07. The molecule has 3 nitrogen and oxygen atoms in total. The Hall–Kier alpha value is -0.390. The number of hydrogen-bond donors (Lipinski definition) is 1. The normalized spacial score (nSPS) is 11.7. The molecule has 0 heterocycles. The van der Waals surface area contributed by atoms with E-state index in [0.717, 1.165) is 11.1 Å². The fraction of sp³-hybridized carbons (Fsp3) is 0.400. The van der Waals surface area contributed by atoms with Crippen molar-refractivity contribution >= 4 is 26.0 Å². The molecule has 0 aliphatic heterocycles. The van der Waals surface area contributed by atoms with Gasteiger partial charge in [-0.1, -0.05) is 28.1 Å². The number of aryl methyl sites for hydroxylation is 2. The highest BCUT2D eigenvalue weighted by atomic mass is 79.9. The quantitative estimate of drug-likeness (QED) is 0.863. The molecule has 0 saturated carbocycles. The van der Waals surface area contributed by atoms with E-state index in [2.05, 4.69) is 20.7 Å². The number of halogens is 1. The maximum atomic E-state index is 11.8. The van der Waals surface area contributed by atoms with E-state index in [-0.39, 0.29) is 0 Å². The van der Waals surface area contributed by atoms with Crippen LogP contribution in [0.2, 0.25) is 0 Å². The molecule has 1 aromatic carbocycles. The van der Waals surface area contributed by atoms with Gasteiger partial charge in [-0.25, -0.2) is 13.1 Å². The summed E-state index contributed by atoms with van der Waals surface area (Å²) in [5, 5.41) is 0.608. The summed E-state index contributed by atoms with van der Waals surface area (Å²) in [5.41, 5.74) is 1.71. The van der Waals surface area contributed by atoms with Gasteiger partial charge >= 0.3 is 0 Å². The number of alkyl halides is 1. The van der Waals surface area contributed by atoms with Crippen molar-refractivity contribution in [2.45, 2.75) is 18.7 Å². The van der Waals surface area contributed by atoms with Gasteiger partial charge in [0.2, 0.25) is 10.0 Å². The Balaban J connectivity index is 3.09. The van der Waals surface area contributed by atoms with Gasteiger partial charge in [0, 0.05) is 11.9 Å². The minimum atomic E-state index is -3.36. The Bertz CT molecular complexity index is 443. The highest BCUT2D eigenvalue weighted by Gasteiger charge is 2.15. The lowest BCUT2D eigenvalue weighted by molar-refractivity contribution is 0.583. The SMILES string of the molecule is Cc1ccc(C)c(S(=O)(=O)NCCBr)c1. The molecule has 1 rings (SSSR count). The molecule has 1 N–H and O–H groups in total. The molecule has 0 aromatic heterocycles. The molecule has 0 fully saturated rings. The fourth-order valence-electron chi connectivity index (χ4n) is 1.25. The summed E-state index contributed by atoms with van der Waals surface area (Å²) in [6, 6.07) is 5.41. The zero-order valence-corrected chi connectivity index (χ0v) is 11.2. The number of benzene rings is 1. The predicted octanol–water partition coefficient (Wildman–Crippen LogP) is 1.98. The Labute approximate surface area is 99.1 Å². The summed E-state index contributed by atoms with van der Waals surface area (Å²) in [5.74, 6) is 0. The maximum absolute atomic E-state index is 11.8. The van der Waals surface area contributed by atoms with E-state index in [0.29, 0.717) is 16.8 Å². The molecule has 1 aromatic rings. The molecule has 0 aliphatic carbocycles. The van der Waals surface area contributed by atoms with Crippen LogP contribution in [0.1, 0.15) is 11.1 Å². The van der Waals surface area contributed by atoms with Crippen LogP contribution < -0.4 is 4.72 Å². The van der Waals surface area contributed by atoms with E-state index < -0.39 is 10.0 Å². The van der Waals surface area contributed by atoms with E-state index in [1.165, 1.54) is 0 Å². The van der Waals surface area contributed by atoms with Gasteiger partial charge in [-0.15, -0.1) is 0 Å². The first kappa shape index (κ1) is 12.7. The largest absolute Gasteiger partial charge is 0.240 e. The molecule has 0 atom stereocenters. The van der Waals surface area contributed by atoms with Crippen LogP contribution in [0.4, 0.5) is 0 Å². The van der Waals surface area contributed by atoms with Gasteiger partial charge in [0.25, 0.3) is 0 Å². The lowest BCUT2D eigenvalue weighted by Gasteiger charge is -2.08. The van der Waals surface area contributed by atoms with Gasteiger partial charge < -0.3 is 0 Å². The smallest absolute Gasteiger partial charge is 0.210 e. The van der Waals surface area contributed by atoms with Crippen molar-refractivity contribution in [2.75, 3.05) is 11.9 Å². The van der Waals surface area contributed by atoms with E-state index >= 15 is 0 Å². The summed E-state index contributed by atoms with van der Waals surface area (Å²) in [6.07, 6.45) is 0. The zero-order chi connectivity index (χ0) is 11.5. The van der Waals surface area contributed by atoms with Gasteiger partial charge in [0.1, 0.15) is 0 Å². The molecule has 15 heavy (non-hydrogen) atoms. The minimum Gasteiger partial charge on any atom is -0.210 e. The minimum absolute atomic E-state index is 0.364. The van der Waals surface area contributed by atoms with E-state index in [9.17, 15) is 8.42 Å². The van der Waals surface area contributed by atoms with Crippen LogP contribution in [0.25, 0.3) is 0 Å². The van der Waals surface area contributed by atoms with Crippen molar-refractivity contribution in [1.82, 2.24) is 4.72 Å². The molecule has 0 spiro atoms. The first-order valence-corrected chi connectivity index (χ1v) is 7.21. The third-order valence-electron chi connectivity index (χ3n) is 2.02. The topological polar surface area (TPSA) is 46.2 Å². The molecule has 5 heteroatoms. The van der Waals surface area contributed by atoms with Crippen molar-refractivity contribution in [2.24, 2.45) is 0 Å². The van der Waals surface area contributed by atoms with Crippen molar-refractivity contribution in [3.8, 4) is 0 Å². The lowest BCUT2D eigenvalue weighted by Crippen LogP contribution is -2.26. The monoisotopic (exact) mass is 291 g/mol. The highest BCUT2D eigenvalue weighted by molar-refractivity contribution is 9.09. The van der Waals surface area contributed by atoms with Gasteiger partial charge in [-0.2, -0.15) is 0 Å². The third-order valence-corrected chi connectivity index (χ3v) is 4.02. The van der Waals surface area contributed by atoms with Gasteiger partial charge in [-0.05, 0) is 31.0 Å². The van der Waals surface area contributed by atoms with Crippen molar-refractivity contribution in [3.05, 3.63) is 29.3 Å². The van der Waals surface area contributed by atoms with Crippen LogP contribution in [0.15, 0.2) is 23.1 Å². The number of hydrogen-bond acceptors (Lipinski definition) is 2. The van der Waals surface area contributed by atoms with E-state index in [1.807, 2.05) is 19.1 Å². The van der Waals surface area contributed by atoms with Gasteiger partial charge in [-0.3, -0.25) is 0 Å². The first-order valence-electron chi connectivity index (χ1n) is 4.60. The number of nitrogens with one attached hydrogen (secondary N) is 1. The molecule has 0 amide bonds. The van der Waals surface area contributed by atoms with Crippen LogP contribution >= 0.6 is 15.9 Å². The maximum Gasteiger partial charge on any atom is 0.240 e. The first-order chi connectivity index (χ1) is 6.97. The zero-order valence-electron chi connectivity index (χ0n) is 8.75. The second kappa shape index (κ2) is 5.09. The van der Waals surface area contributed by atoms with E-state index in [4.69, 9.17) is 0 Å². The van der Waals surface area contributed by atoms with Crippen molar-refractivity contribution in [1.29, 1.82) is 0 Å². The van der Waals surface area contributed by atoms with Crippen LogP contribution in [0.5, 0.6) is 0 Å². The second-order valence-corrected chi connectivity index (χ2v) is 5.88. The summed E-state index contributed by atoms with van der Waals surface area (Å²) < 4.78 is 26.2. The second-order valence-electron chi connectivity index (χ2n) is 3.36. The van der Waals surface area contributed by atoms with Crippen LogP contribution in [0.3, 0.4) is 0 Å². The summed E-state index contributed by atoms with van der Waals surface area (Å²) >= 11 is 3.18. The van der Waals surface area contributed by atoms with Crippen LogP contribution in [-0.2, 0) is 10.0 Å². The predicted molar refractivity (Wildman–Crippen MR) is 64.9 cm³/mol. The Kier molecular flexibility index (Phi) is 4.31. The van der Waals surface area contributed by atoms with Crippen molar-refractivity contribution < 1.29 is 8.42 Å². The van der Waals surface area contributed by atoms with Crippen LogP contribution in [0, 0.1) is 13.8 Å². The number of sulfonamides is 1. The Morgan fingerprint density at radius 1 is 1.33 bits per heavy atom. The van der Waals surface area contributed by atoms with Crippen molar-refractivity contribution in [3.63, 3.8) is 0 Å². The standard InChI is InChI=1S/C10H14BrNO2S/c1-8-3-4-9(2)10(7-8)15(13,14)12-6-5-11/h3-4,7,12H,5-6H2,1-2H3. The average molecular weight is 292 g/mol. The number of rotatable bonds is 4. The van der Waals surface area contributed by atoms with Crippen LogP contribution in [-0.4, -0.2) is 20.3 Å². The summed E-state index contributed by atoms with van der Waals surface area (Å²) in [4.78, 5) is 0.364. The molecule has 0 unspecified atom stereocenters. The van der Waals surface area contributed by atoms with Gasteiger partial charge in [0.15, 0.2) is 0 Å². The summed E-state index contributed by atoms with van der Waals surface area (Å²) in [7, 11) is -3.36. The molecule has 0 radical (unpaired) electrons. The molecule has 84 valence electrons. The van der Waals surface area contributed by atoms with E-state index in [1.54, 1.807) is 13.0 Å². The third kappa shape index (κ3) is 3.29. The average Bonchev–Trinajstić information content (AvgIpc) is 2.18.